The van der Waals surface area contributed by atoms with E-state index in [1.807, 2.05) is 47.7 Å². The second-order valence-electron chi connectivity index (χ2n) is 6.10. The van der Waals surface area contributed by atoms with Crippen LogP contribution in [0.5, 0.6) is 0 Å². The van der Waals surface area contributed by atoms with Gasteiger partial charge in [0.2, 0.25) is 0 Å². The number of amides is 1. The van der Waals surface area contributed by atoms with Gasteiger partial charge < -0.3 is 10.6 Å². The molecule has 0 aliphatic carbocycles. The van der Waals surface area contributed by atoms with Gasteiger partial charge >= 0.3 is 0 Å². The van der Waals surface area contributed by atoms with E-state index >= 15 is 0 Å². The van der Waals surface area contributed by atoms with Gasteiger partial charge in [0.15, 0.2) is 0 Å². The SMILES string of the molecule is Cc1nn(-c2ccc(C(=O)N3CCC[C@H](N)C3)cc2)c(C)c1Br. The summed E-state index contributed by atoms with van der Waals surface area (Å²) in [5.74, 6) is 0.0567. The number of nitrogens with zero attached hydrogens (tertiary/aromatic N) is 3. The number of aromatic nitrogens is 2. The Hall–Kier alpha value is -1.66. The number of piperidine rings is 1. The molecule has 1 aromatic carbocycles. The molecule has 0 saturated carbocycles. The molecule has 1 aliphatic rings. The molecule has 2 aromatic rings. The van der Waals surface area contributed by atoms with Crippen molar-refractivity contribution in [2.45, 2.75) is 32.7 Å². The topological polar surface area (TPSA) is 64.2 Å². The molecule has 2 heterocycles. The van der Waals surface area contributed by atoms with Gasteiger partial charge in [-0.15, -0.1) is 0 Å². The van der Waals surface area contributed by atoms with Crippen molar-refractivity contribution < 1.29 is 4.79 Å². The molecule has 3 rings (SSSR count). The summed E-state index contributed by atoms with van der Waals surface area (Å²) in [5, 5.41) is 4.51. The maximum absolute atomic E-state index is 12.6. The van der Waals surface area contributed by atoms with Crippen LogP contribution < -0.4 is 5.73 Å². The fourth-order valence-electron chi connectivity index (χ4n) is 3.00. The van der Waals surface area contributed by atoms with E-state index in [-0.39, 0.29) is 11.9 Å². The van der Waals surface area contributed by atoms with E-state index in [0.717, 1.165) is 40.9 Å². The number of aryl methyl sites for hydroxylation is 1. The molecular weight excluding hydrogens is 356 g/mol. The summed E-state index contributed by atoms with van der Waals surface area (Å²) in [7, 11) is 0. The zero-order valence-electron chi connectivity index (χ0n) is 13.4. The minimum atomic E-state index is 0.0567. The first-order valence-electron chi connectivity index (χ1n) is 7.84. The van der Waals surface area contributed by atoms with Crippen LogP contribution in [-0.4, -0.2) is 39.7 Å². The molecule has 0 radical (unpaired) electrons. The first kappa shape index (κ1) is 16.2. The van der Waals surface area contributed by atoms with Gasteiger partial charge in [-0.25, -0.2) is 4.68 Å². The van der Waals surface area contributed by atoms with E-state index in [9.17, 15) is 4.79 Å². The average molecular weight is 377 g/mol. The zero-order chi connectivity index (χ0) is 16.6. The lowest BCUT2D eigenvalue weighted by Gasteiger charge is -2.30. The van der Waals surface area contributed by atoms with Gasteiger partial charge in [0, 0.05) is 24.7 Å². The van der Waals surface area contributed by atoms with Crippen molar-refractivity contribution in [3.05, 3.63) is 45.7 Å². The fraction of sp³-hybridized carbons (Fsp3) is 0.412. The maximum atomic E-state index is 12.6. The molecule has 0 bridgehead atoms. The van der Waals surface area contributed by atoms with Crippen LogP contribution in [0, 0.1) is 13.8 Å². The Kier molecular flexibility index (Phi) is 4.55. The molecule has 5 nitrogen and oxygen atoms in total. The first-order valence-corrected chi connectivity index (χ1v) is 8.63. The van der Waals surface area contributed by atoms with Gasteiger partial charge in [-0.3, -0.25) is 4.79 Å². The van der Waals surface area contributed by atoms with E-state index in [4.69, 9.17) is 5.73 Å². The largest absolute Gasteiger partial charge is 0.337 e. The molecule has 1 fully saturated rings. The van der Waals surface area contributed by atoms with Crippen LogP contribution in [-0.2, 0) is 0 Å². The van der Waals surface area contributed by atoms with Crippen LogP contribution in [0.4, 0.5) is 0 Å². The number of carbonyl (C=O) groups excluding carboxylic acids is 1. The maximum Gasteiger partial charge on any atom is 0.253 e. The number of likely N-dealkylation sites (tertiary alicyclic amines) is 1. The Balaban J connectivity index is 1.81. The number of benzene rings is 1. The van der Waals surface area contributed by atoms with Gasteiger partial charge in [-0.1, -0.05) is 0 Å². The van der Waals surface area contributed by atoms with E-state index in [2.05, 4.69) is 21.0 Å². The van der Waals surface area contributed by atoms with Crippen molar-refractivity contribution in [2.24, 2.45) is 5.73 Å². The molecule has 1 atom stereocenters. The second kappa shape index (κ2) is 6.45. The molecule has 1 aliphatic heterocycles. The van der Waals surface area contributed by atoms with Crippen molar-refractivity contribution in [3.63, 3.8) is 0 Å². The minimum Gasteiger partial charge on any atom is -0.337 e. The predicted molar refractivity (Wildman–Crippen MR) is 93.9 cm³/mol. The number of carbonyl (C=O) groups is 1. The lowest BCUT2D eigenvalue weighted by Crippen LogP contribution is -2.45. The van der Waals surface area contributed by atoms with Gasteiger partial charge in [-0.2, -0.15) is 5.10 Å². The number of hydrogen-bond donors (Lipinski definition) is 1. The van der Waals surface area contributed by atoms with Crippen LogP contribution in [0.3, 0.4) is 0 Å². The van der Waals surface area contributed by atoms with Crippen LogP contribution >= 0.6 is 15.9 Å². The first-order chi connectivity index (χ1) is 11.0. The molecule has 122 valence electrons. The highest BCUT2D eigenvalue weighted by Crippen LogP contribution is 2.23. The van der Waals surface area contributed by atoms with Crippen molar-refractivity contribution in [2.75, 3.05) is 13.1 Å². The van der Waals surface area contributed by atoms with Gasteiger partial charge in [-0.05, 0) is 66.9 Å². The molecule has 1 saturated heterocycles. The molecule has 0 unspecified atom stereocenters. The van der Waals surface area contributed by atoms with Crippen molar-refractivity contribution in [1.82, 2.24) is 14.7 Å². The Morgan fingerprint density at radius 2 is 2.00 bits per heavy atom. The molecule has 2 N–H and O–H groups in total. The summed E-state index contributed by atoms with van der Waals surface area (Å²) >= 11 is 3.54. The fourth-order valence-corrected chi connectivity index (χ4v) is 3.24. The summed E-state index contributed by atoms with van der Waals surface area (Å²) in [6, 6.07) is 7.69. The highest BCUT2D eigenvalue weighted by atomic mass is 79.9. The van der Waals surface area contributed by atoms with Crippen LogP contribution in [0.1, 0.15) is 34.6 Å². The highest BCUT2D eigenvalue weighted by Gasteiger charge is 2.22. The van der Waals surface area contributed by atoms with Crippen LogP contribution in [0.2, 0.25) is 0 Å². The number of rotatable bonds is 2. The van der Waals surface area contributed by atoms with Gasteiger partial charge in [0.05, 0.1) is 21.5 Å². The molecule has 0 spiro atoms. The van der Waals surface area contributed by atoms with E-state index in [0.29, 0.717) is 12.1 Å². The van der Waals surface area contributed by atoms with Crippen molar-refractivity contribution >= 4 is 21.8 Å². The summed E-state index contributed by atoms with van der Waals surface area (Å²) in [6.45, 7) is 5.41. The number of hydrogen-bond acceptors (Lipinski definition) is 3. The third-order valence-corrected chi connectivity index (χ3v) is 5.45. The average Bonchev–Trinajstić information content (AvgIpc) is 2.82. The second-order valence-corrected chi connectivity index (χ2v) is 6.89. The summed E-state index contributed by atoms with van der Waals surface area (Å²) in [4.78, 5) is 14.4. The minimum absolute atomic E-state index is 0.0567. The summed E-state index contributed by atoms with van der Waals surface area (Å²) < 4.78 is 2.89. The quantitative estimate of drug-likeness (QED) is 0.876. The lowest BCUT2D eigenvalue weighted by atomic mass is 10.1. The Labute approximate surface area is 144 Å². The van der Waals surface area contributed by atoms with Crippen molar-refractivity contribution in [3.8, 4) is 5.69 Å². The third-order valence-electron chi connectivity index (χ3n) is 4.31. The van der Waals surface area contributed by atoms with Crippen LogP contribution in [0.15, 0.2) is 28.7 Å². The van der Waals surface area contributed by atoms with Crippen LogP contribution in [0.25, 0.3) is 5.69 Å². The molecule has 6 heteroatoms. The van der Waals surface area contributed by atoms with Gasteiger partial charge in [0.25, 0.3) is 5.91 Å². The van der Waals surface area contributed by atoms with E-state index in [1.54, 1.807) is 0 Å². The molecular formula is C17H21BrN4O. The normalized spacial score (nSPS) is 18.3. The number of nitrogens with two attached hydrogens (primary N) is 1. The molecule has 1 aromatic heterocycles. The number of halogens is 1. The smallest absolute Gasteiger partial charge is 0.253 e. The van der Waals surface area contributed by atoms with E-state index in [1.165, 1.54) is 0 Å². The predicted octanol–water partition coefficient (Wildman–Crippen LogP) is 2.81. The lowest BCUT2D eigenvalue weighted by molar-refractivity contribution is 0.0709. The standard InChI is InChI=1S/C17H21BrN4O/c1-11-16(18)12(2)22(20-11)15-7-5-13(6-8-15)17(23)21-9-3-4-14(19)10-21/h5-8,14H,3-4,9-10,19H2,1-2H3/t14-/m0/s1. The Morgan fingerprint density at radius 1 is 1.30 bits per heavy atom. The molecule has 1 amide bonds. The zero-order valence-corrected chi connectivity index (χ0v) is 15.0. The highest BCUT2D eigenvalue weighted by molar-refractivity contribution is 9.10. The van der Waals surface area contributed by atoms with Crippen molar-refractivity contribution in [1.29, 1.82) is 0 Å². The Bertz CT molecular complexity index is 723. The Morgan fingerprint density at radius 3 is 2.57 bits per heavy atom. The van der Waals surface area contributed by atoms with Gasteiger partial charge in [0.1, 0.15) is 0 Å². The van der Waals surface area contributed by atoms with E-state index < -0.39 is 0 Å². The summed E-state index contributed by atoms with van der Waals surface area (Å²) in [5.41, 5.74) is 9.60. The summed E-state index contributed by atoms with van der Waals surface area (Å²) in [6.07, 6.45) is 1.97. The monoisotopic (exact) mass is 376 g/mol. The third kappa shape index (κ3) is 3.19. The molecule has 23 heavy (non-hydrogen) atoms.